The Morgan fingerprint density at radius 3 is 2.29 bits per heavy atom. The fraction of sp³-hybridized carbons (Fsp3) is 0.273. The summed E-state index contributed by atoms with van der Waals surface area (Å²) in [6.07, 6.45) is -0.427. The van der Waals surface area contributed by atoms with E-state index >= 15 is 0 Å². The second-order valence-electron chi connectivity index (χ2n) is 6.83. The monoisotopic (exact) mass is 447 g/mol. The molecule has 0 aromatic heterocycles. The summed E-state index contributed by atoms with van der Waals surface area (Å²) in [4.78, 5) is 24.3. The Balaban J connectivity index is 1.95. The lowest BCUT2D eigenvalue weighted by atomic mass is 10.1. The highest BCUT2D eigenvalue weighted by Gasteiger charge is 2.28. The van der Waals surface area contributed by atoms with E-state index in [0.717, 1.165) is 15.4 Å². The normalized spacial score (nSPS) is 12.0. The molecule has 0 heterocycles. The van der Waals surface area contributed by atoms with Crippen LogP contribution in [0.1, 0.15) is 17.5 Å². The molecule has 2 aromatic rings. The minimum absolute atomic E-state index is 0.000923. The number of aliphatic hydroxyl groups excluding tert-OH is 1. The van der Waals surface area contributed by atoms with Crippen LogP contribution in [0.15, 0.2) is 72.0 Å². The molecule has 2 aromatic carbocycles. The van der Waals surface area contributed by atoms with Crippen molar-refractivity contribution in [3.05, 3.63) is 78.2 Å². The first kappa shape index (κ1) is 24.1. The van der Waals surface area contributed by atoms with E-state index < -0.39 is 46.8 Å². The topological polar surface area (TPSA) is 110 Å². The van der Waals surface area contributed by atoms with Gasteiger partial charge in [0, 0.05) is 7.05 Å². The molecule has 0 spiro atoms. The third-order valence-electron chi connectivity index (χ3n) is 4.46. The number of aryl methyl sites for hydroxylation is 1. The molecule has 0 saturated heterocycles. The van der Waals surface area contributed by atoms with E-state index in [0.29, 0.717) is 0 Å². The predicted octanol–water partition coefficient (Wildman–Crippen LogP) is 2.37. The van der Waals surface area contributed by atoms with Crippen molar-refractivity contribution in [2.45, 2.75) is 24.8 Å². The van der Waals surface area contributed by atoms with Gasteiger partial charge >= 0.3 is 11.9 Å². The van der Waals surface area contributed by atoms with Gasteiger partial charge in [-0.2, -0.15) is 0 Å². The average molecular weight is 448 g/mol. The van der Waals surface area contributed by atoms with Crippen LogP contribution in [-0.4, -0.2) is 43.4 Å². The molecule has 166 valence electrons. The molecule has 8 nitrogen and oxygen atoms in total. The van der Waals surface area contributed by atoms with Crippen molar-refractivity contribution in [1.29, 1.82) is 0 Å². The average Bonchev–Trinajstić information content (AvgIpc) is 2.76. The number of hydrogen-bond acceptors (Lipinski definition) is 7. The van der Waals surface area contributed by atoms with Gasteiger partial charge in [-0.05, 0) is 31.2 Å². The number of nitrogens with zero attached hydrogens (tertiary/aromatic N) is 1. The lowest BCUT2D eigenvalue weighted by molar-refractivity contribution is -0.155. The summed E-state index contributed by atoms with van der Waals surface area (Å²) < 4.78 is 36.1. The smallest absolute Gasteiger partial charge is 0.318 e. The number of aliphatic hydroxyl groups is 1. The van der Waals surface area contributed by atoms with Crippen LogP contribution >= 0.6 is 0 Å². The Hall–Kier alpha value is -3.17. The quantitative estimate of drug-likeness (QED) is 0.440. The van der Waals surface area contributed by atoms with Gasteiger partial charge in [0.15, 0.2) is 0 Å². The highest BCUT2D eigenvalue weighted by Crippen LogP contribution is 2.20. The van der Waals surface area contributed by atoms with Crippen LogP contribution in [0.3, 0.4) is 0 Å². The van der Waals surface area contributed by atoms with Crippen molar-refractivity contribution in [2.24, 2.45) is 5.92 Å². The van der Waals surface area contributed by atoms with Crippen molar-refractivity contribution in [3.8, 4) is 0 Å². The number of sulfonamides is 1. The third-order valence-corrected chi connectivity index (χ3v) is 6.25. The van der Waals surface area contributed by atoms with Crippen LogP contribution in [0.5, 0.6) is 0 Å². The van der Waals surface area contributed by atoms with Crippen molar-refractivity contribution < 1.29 is 32.6 Å². The van der Waals surface area contributed by atoms with Gasteiger partial charge in [0.1, 0.15) is 6.61 Å². The molecule has 1 atom stereocenters. The van der Waals surface area contributed by atoms with Crippen LogP contribution in [0.4, 0.5) is 0 Å². The number of carbonyl (C=O) groups is 2. The molecular formula is C22H25NO7S. The second-order valence-corrected chi connectivity index (χ2v) is 8.80. The van der Waals surface area contributed by atoms with Crippen molar-refractivity contribution in [1.82, 2.24) is 4.31 Å². The van der Waals surface area contributed by atoms with Crippen molar-refractivity contribution >= 4 is 22.0 Å². The Labute approximate surface area is 181 Å². The molecule has 0 amide bonds. The van der Waals surface area contributed by atoms with E-state index in [2.05, 4.69) is 6.58 Å². The van der Waals surface area contributed by atoms with Gasteiger partial charge in [-0.25, -0.2) is 12.7 Å². The van der Waals surface area contributed by atoms with E-state index in [1.54, 1.807) is 36.4 Å². The lowest BCUT2D eigenvalue weighted by Crippen LogP contribution is -2.31. The molecule has 0 aliphatic heterocycles. The maximum absolute atomic E-state index is 12.7. The van der Waals surface area contributed by atoms with Gasteiger partial charge in [0.2, 0.25) is 5.88 Å². The number of ether oxygens (including phenoxy) is 2. The maximum atomic E-state index is 12.7. The number of hydrogen-bond donors (Lipinski definition) is 1. The summed E-state index contributed by atoms with van der Waals surface area (Å²) in [5.74, 6) is -3.38. The minimum atomic E-state index is -3.99. The zero-order chi connectivity index (χ0) is 23.0. The zero-order valence-electron chi connectivity index (χ0n) is 17.4. The summed E-state index contributed by atoms with van der Waals surface area (Å²) >= 11 is 0. The fourth-order valence-electron chi connectivity index (χ4n) is 2.49. The number of benzene rings is 2. The Bertz CT molecular complexity index is 1020. The molecule has 0 fully saturated rings. The van der Waals surface area contributed by atoms with Crippen LogP contribution in [0.25, 0.3) is 0 Å². The number of rotatable bonds is 10. The Kier molecular flexibility index (Phi) is 8.35. The molecule has 0 aliphatic rings. The molecule has 0 aliphatic carbocycles. The predicted molar refractivity (Wildman–Crippen MR) is 113 cm³/mol. The van der Waals surface area contributed by atoms with Gasteiger partial charge in [-0.3, -0.25) is 9.59 Å². The molecular weight excluding hydrogens is 422 g/mol. The van der Waals surface area contributed by atoms with Crippen LogP contribution in [-0.2, 0) is 35.7 Å². The van der Waals surface area contributed by atoms with E-state index in [4.69, 9.17) is 9.47 Å². The fourth-order valence-corrected chi connectivity index (χ4v) is 3.59. The lowest BCUT2D eigenvalue weighted by Gasteiger charge is -2.22. The summed E-state index contributed by atoms with van der Waals surface area (Å²) in [6.45, 7) is 4.65. The zero-order valence-corrected chi connectivity index (χ0v) is 18.2. The summed E-state index contributed by atoms with van der Waals surface area (Å²) in [5, 5.41) is 9.48. The summed E-state index contributed by atoms with van der Waals surface area (Å²) in [7, 11) is -2.81. The molecule has 1 N–H and O–H groups in total. The largest absolute Gasteiger partial charge is 0.461 e. The van der Waals surface area contributed by atoms with E-state index in [-0.39, 0.29) is 11.5 Å². The van der Waals surface area contributed by atoms with Crippen LogP contribution in [0, 0.1) is 12.8 Å². The molecule has 0 bridgehead atoms. The number of carbonyl (C=O) groups excluding carboxylic acids is 2. The van der Waals surface area contributed by atoms with Gasteiger partial charge < -0.3 is 14.6 Å². The molecule has 0 radical (unpaired) electrons. The first-order valence-corrected chi connectivity index (χ1v) is 10.9. The Morgan fingerprint density at radius 1 is 1.10 bits per heavy atom. The van der Waals surface area contributed by atoms with Crippen molar-refractivity contribution in [2.75, 3.05) is 13.7 Å². The van der Waals surface area contributed by atoms with Crippen LogP contribution < -0.4 is 0 Å². The van der Waals surface area contributed by atoms with E-state index in [1.807, 2.05) is 13.0 Å². The highest BCUT2D eigenvalue weighted by atomic mass is 32.2. The highest BCUT2D eigenvalue weighted by molar-refractivity contribution is 7.89. The summed E-state index contributed by atoms with van der Waals surface area (Å²) in [5.41, 5.74) is 1.66. The van der Waals surface area contributed by atoms with E-state index in [9.17, 15) is 23.1 Å². The van der Waals surface area contributed by atoms with Gasteiger partial charge in [-0.15, -0.1) is 0 Å². The first-order chi connectivity index (χ1) is 14.6. The van der Waals surface area contributed by atoms with Gasteiger partial charge in [0.25, 0.3) is 10.0 Å². The molecule has 31 heavy (non-hydrogen) atoms. The third kappa shape index (κ3) is 6.66. The maximum Gasteiger partial charge on any atom is 0.318 e. The van der Waals surface area contributed by atoms with Gasteiger partial charge in [-0.1, -0.05) is 48.0 Å². The summed E-state index contributed by atoms with van der Waals surface area (Å²) in [6, 6.07) is 15.1. The molecule has 0 saturated carbocycles. The second kappa shape index (κ2) is 10.7. The molecule has 9 heteroatoms. The molecule has 0 unspecified atom stereocenters. The SMILES string of the molecule is C=C(OC(=O)[C@H](CO)CC(=O)OCc1ccccc1)N(C)S(=O)(=O)c1ccc(C)cc1. The van der Waals surface area contributed by atoms with Crippen molar-refractivity contribution in [3.63, 3.8) is 0 Å². The molecule has 2 rings (SSSR count). The number of esters is 2. The first-order valence-electron chi connectivity index (χ1n) is 9.41. The van der Waals surface area contributed by atoms with Crippen LogP contribution in [0.2, 0.25) is 0 Å². The van der Waals surface area contributed by atoms with E-state index in [1.165, 1.54) is 19.2 Å². The Morgan fingerprint density at radius 2 is 1.71 bits per heavy atom. The minimum Gasteiger partial charge on any atom is -0.461 e. The van der Waals surface area contributed by atoms with Gasteiger partial charge in [0.05, 0.1) is 23.8 Å². The standard InChI is InChI=1S/C22H25NO7S/c1-16-9-11-20(12-10-16)31(27,28)23(3)17(2)30-22(26)19(14-24)13-21(25)29-15-18-7-5-4-6-8-18/h4-12,19,24H,2,13-15H2,1,3H3/t19-/m0/s1.